The molecule has 0 radical (unpaired) electrons. The number of rotatable bonds is 4. The maximum absolute atomic E-state index is 12.5. The van der Waals surface area contributed by atoms with Gasteiger partial charge >= 0.3 is 0 Å². The Morgan fingerprint density at radius 3 is 3.00 bits per heavy atom. The van der Waals surface area contributed by atoms with E-state index in [9.17, 15) is 4.79 Å². The molecule has 1 amide bonds. The van der Waals surface area contributed by atoms with Gasteiger partial charge in [0, 0.05) is 27.3 Å². The van der Waals surface area contributed by atoms with Crippen molar-refractivity contribution >= 4 is 34.1 Å². The van der Waals surface area contributed by atoms with Gasteiger partial charge in [0.15, 0.2) is 5.13 Å². The summed E-state index contributed by atoms with van der Waals surface area (Å²) in [5.41, 5.74) is 4.18. The van der Waals surface area contributed by atoms with Gasteiger partial charge in [-0.05, 0) is 29.5 Å². The van der Waals surface area contributed by atoms with Crippen molar-refractivity contribution in [2.45, 2.75) is 18.2 Å². The molecule has 5 heteroatoms. The van der Waals surface area contributed by atoms with Gasteiger partial charge in [-0.2, -0.15) is 0 Å². The number of anilines is 1. The van der Waals surface area contributed by atoms with Gasteiger partial charge in [0.2, 0.25) is 0 Å². The molecule has 0 bridgehead atoms. The molecule has 1 N–H and O–H groups in total. The molecule has 120 valence electrons. The lowest BCUT2D eigenvalue weighted by atomic mass is 10.1. The zero-order chi connectivity index (χ0) is 16.5. The summed E-state index contributed by atoms with van der Waals surface area (Å²) in [5, 5.41) is 3.62. The third kappa shape index (κ3) is 2.85. The van der Waals surface area contributed by atoms with E-state index in [-0.39, 0.29) is 5.91 Å². The minimum atomic E-state index is -0.103. The minimum Gasteiger partial charge on any atom is -0.298 e. The van der Waals surface area contributed by atoms with Crippen LogP contribution in [0.3, 0.4) is 0 Å². The van der Waals surface area contributed by atoms with E-state index in [1.807, 2.05) is 30.3 Å². The van der Waals surface area contributed by atoms with E-state index >= 15 is 0 Å². The lowest BCUT2D eigenvalue weighted by Crippen LogP contribution is -2.11. The zero-order valence-electron chi connectivity index (χ0n) is 13.2. The van der Waals surface area contributed by atoms with Gasteiger partial charge < -0.3 is 0 Å². The third-order valence-electron chi connectivity index (χ3n) is 3.95. The highest BCUT2D eigenvalue weighted by Gasteiger charge is 2.23. The highest BCUT2D eigenvalue weighted by atomic mass is 32.2. The first-order chi connectivity index (χ1) is 11.7. The topological polar surface area (TPSA) is 42.0 Å². The van der Waals surface area contributed by atoms with Crippen LogP contribution < -0.4 is 5.32 Å². The molecular weight excluding hydrogens is 336 g/mol. The lowest BCUT2D eigenvalue weighted by molar-refractivity contribution is 0.102. The standard InChI is InChI=1S/C19H16N2OS2/c1-2-23-14-8-5-7-13(10-14)18(22)21-19-20-17-15-9-4-3-6-12(15)11-16(17)24-19/h3-10H,2,11H2,1H3,(H,20,21,22). The molecule has 2 aromatic carbocycles. The summed E-state index contributed by atoms with van der Waals surface area (Å²) >= 11 is 3.30. The Balaban J connectivity index is 1.55. The van der Waals surface area contributed by atoms with Gasteiger partial charge in [0.05, 0.1) is 5.69 Å². The maximum Gasteiger partial charge on any atom is 0.257 e. The van der Waals surface area contributed by atoms with Gasteiger partial charge in [-0.25, -0.2) is 4.98 Å². The number of carbonyl (C=O) groups excluding carboxylic acids is 1. The molecule has 1 aromatic heterocycles. The van der Waals surface area contributed by atoms with E-state index in [1.165, 1.54) is 16.0 Å². The summed E-state index contributed by atoms with van der Waals surface area (Å²) in [6.45, 7) is 2.10. The number of thioether (sulfide) groups is 1. The summed E-state index contributed by atoms with van der Waals surface area (Å²) in [7, 11) is 0. The summed E-state index contributed by atoms with van der Waals surface area (Å²) in [6.07, 6.45) is 0.904. The van der Waals surface area contributed by atoms with Crippen LogP contribution in [0, 0.1) is 0 Å². The summed E-state index contributed by atoms with van der Waals surface area (Å²) in [6, 6.07) is 16.0. The SMILES string of the molecule is CCSc1cccc(C(=O)Nc2nc3c(s2)Cc2ccccc2-3)c1. The van der Waals surface area contributed by atoms with Crippen molar-refractivity contribution in [3.8, 4) is 11.3 Å². The van der Waals surface area contributed by atoms with Crippen molar-refractivity contribution in [3.63, 3.8) is 0 Å². The first kappa shape index (κ1) is 15.4. The van der Waals surface area contributed by atoms with Gasteiger partial charge in [-0.3, -0.25) is 10.1 Å². The van der Waals surface area contributed by atoms with Crippen LogP contribution in [-0.2, 0) is 6.42 Å². The second kappa shape index (κ2) is 6.42. The van der Waals surface area contributed by atoms with Crippen LogP contribution in [0.4, 0.5) is 5.13 Å². The molecule has 0 aliphatic heterocycles. The Kier molecular flexibility index (Phi) is 4.12. The summed E-state index contributed by atoms with van der Waals surface area (Å²) in [5.74, 6) is 0.887. The molecule has 3 nitrogen and oxygen atoms in total. The van der Waals surface area contributed by atoms with E-state index < -0.39 is 0 Å². The van der Waals surface area contributed by atoms with Crippen molar-refractivity contribution in [1.82, 2.24) is 4.98 Å². The number of amides is 1. The molecule has 0 spiro atoms. The molecule has 4 rings (SSSR count). The van der Waals surface area contributed by atoms with Crippen molar-refractivity contribution in [3.05, 3.63) is 64.5 Å². The van der Waals surface area contributed by atoms with Crippen molar-refractivity contribution in [2.75, 3.05) is 11.1 Å². The highest BCUT2D eigenvalue weighted by molar-refractivity contribution is 7.99. The molecule has 0 fully saturated rings. The first-order valence-corrected chi connectivity index (χ1v) is 9.67. The normalized spacial score (nSPS) is 11.9. The number of hydrogen-bond acceptors (Lipinski definition) is 4. The van der Waals surface area contributed by atoms with Gasteiger partial charge in [-0.1, -0.05) is 37.3 Å². The minimum absolute atomic E-state index is 0.103. The molecule has 1 heterocycles. The number of benzene rings is 2. The summed E-state index contributed by atoms with van der Waals surface area (Å²) in [4.78, 5) is 19.5. The van der Waals surface area contributed by atoms with E-state index in [0.717, 1.165) is 22.8 Å². The Morgan fingerprint density at radius 1 is 1.25 bits per heavy atom. The van der Waals surface area contributed by atoms with E-state index in [1.54, 1.807) is 23.1 Å². The Labute approximate surface area is 149 Å². The Morgan fingerprint density at radius 2 is 2.12 bits per heavy atom. The average molecular weight is 352 g/mol. The van der Waals surface area contributed by atoms with Crippen LogP contribution in [0.15, 0.2) is 53.4 Å². The number of carbonyl (C=O) groups is 1. The van der Waals surface area contributed by atoms with Gasteiger partial charge in [0.25, 0.3) is 5.91 Å². The van der Waals surface area contributed by atoms with Crippen LogP contribution in [0.25, 0.3) is 11.3 Å². The second-order valence-electron chi connectivity index (χ2n) is 5.54. The van der Waals surface area contributed by atoms with Crippen molar-refractivity contribution < 1.29 is 4.79 Å². The maximum atomic E-state index is 12.5. The van der Waals surface area contributed by atoms with Gasteiger partial charge in [-0.15, -0.1) is 23.1 Å². The molecule has 1 aliphatic rings. The second-order valence-corrected chi connectivity index (χ2v) is 7.96. The fraction of sp³-hybridized carbons (Fsp3) is 0.158. The Bertz CT molecular complexity index is 917. The molecule has 0 unspecified atom stereocenters. The van der Waals surface area contributed by atoms with Crippen LogP contribution in [0.1, 0.15) is 27.7 Å². The molecule has 0 saturated heterocycles. The fourth-order valence-corrected chi connectivity index (χ4v) is 4.59. The molecule has 0 atom stereocenters. The fourth-order valence-electron chi connectivity index (χ4n) is 2.88. The van der Waals surface area contributed by atoms with Gasteiger partial charge in [0.1, 0.15) is 0 Å². The molecule has 0 saturated carbocycles. The number of thiazole rings is 1. The van der Waals surface area contributed by atoms with Crippen LogP contribution in [-0.4, -0.2) is 16.6 Å². The van der Waals surface area contributed by atoms with Crippen LogP contribution in [0.2, 0.25) is 0 Å². The molecule has 24 heavy (non-hydrogen) atoms. The Hall–Kier alpha value is -2.11. The van der Waals surface area contributed by atoms with E-state index in [2.05, 4.69) is 35.4 Å². The smallest absolute Gasteiger partial charge is 0.257 e. The highest BCUT2D eigenvalue weighted by Crippen LogP contribution is 2.40. The zero-order valence-corrected chi connectivity index (χ0v) is 14.8. The van der Waals surface area contributed by atoms with Crippen LogP contribution >= 0.6 is 23.1 Å². The van der Waals surface area contributed by atoms with E-state index in [0.29, 0.717) is 10.7 Å². The number of nitrogens with zero attached hydrogens (tertiary/aromatic N) is 1. The van der Waals surface area contributed by atoms with E-state index in [4.69, 9.17) is 0 Å². The molecule has 1 aliphatic carbocycles. The largest absolute Gasteiger partial charge is 0.298 e. The monoisotopic (exact) mass is 352 g/mol. The molecule has 3 aromatic rings. The summed E-state index contributed by atoms with van der Waals surface area (Å²) < 4.78 is 0. The average Bonchev–Trinajstić information content (AvgIpc) is 3.12. The number of aromatic nitrogens is 1. The number of fused-ring (bicyclic) bond motifs is 3. The number of nitrogens with one attached hydrogen (secondary N) is 1. The quantitative estimate of drug-likeness (QED) is 0.521. The molecular formula is C19H16N2OS2. The first-order valence-electron chi connectivity index (χ1n) is 7.87. The van der Waals surface area contributed by atoms with Crippen molar-refractivity contribution in [1.29, 1.82) is 0 Å². The lowest BCUT2D eigenvalue weighted by Gasteiger charge is -2.04. The number of hydrogen-bond donors (Lipinski definition) is 1. The predicted molar refractivity (Wildman–Crippen MR) is 101 cm³/mol. The van der Waals surface area contributed by atoms with Crippen molar-refractivity contribution in [2.24, 2.45) is 0 Å². The third-order valence-corrected chi connectivity index (χ3v) is 5.80. The predicted octanol–water partition coefficient (Wildman–Crippen LogP) is 5.08. The van der Waals surface area contributed by atoms with Crippen LogP contribution in [0.5, 0.6) is 0 Å².